The number of rotatable bonds is 6. The Morgan fingerprint density at radius 2 is 1.61 bits per heavy atom. The lowest BCUT2D eigenvalue weighted by Crippen LogP contribution is -2.44. The van der Waals surface area contributed by atoms with E-state index >= 15 is 0 Å². The molecular formula is C23H23N3O3S2. The van der Waals surface area contributed by atoms with Crippen LogP contribution in [-0.2, 0) is 21.4 Å². The standard InChI is InChI=1S/C23H23N3O3S2/c24-21-9-5-4-8-19(21)16-25-22(27)23-26(14-15-30-23)31(28,29)20-12-10-18(11-13-20)17-6-2-1-3-7-17/h1-13,23H,14-16,24H2,(H,25,27). The second-order valence-corrected chi connectivity index (χ2v) is 10.2. The van der Waals surface area contributed by atoms with E-state index in [-0.39, 0.29) is 17.3 Å². The minimum Gasteiger partial charge on any atom is -0.398 e. The molecule has 1 saturated heterocycles. The van der Waals surface area contributed by atoms with Crippen LogP contribution in [0.25, 0.3) is 11.1 Å². The molecule has 31 heavy (non-hydrogen) atoms. The first-order valence-electron chi connectivity index (χ1n) is 9.87. The predicted molar refractivity (Wildman–Crippen MR) is 125 cm³/mol. The molecule has 1 unspecified atom stereocenters. The number of nitrogens with one attached hydrogen (secondary N) is 1. The second-order valence-electron chi connectivity index (χ2n) is 7.15. The van der Waals surface area contributed by atoms with Crippen molar-refractivity contribution < 1.29 is 13.2 Å². The van der Waals surface area contributed by atoms with Gasteiger partial charge in [-0.15, -0.1) is 11.8 Å². The van der Waals surface area contributed by atoms with Gasteiger partial charge in [0.2, 0.25) is 15.9 Å². The first kappa shape index (κ1) is 21.4. The van der Waals surface area contributed by atoms with Crippen molar-refractivity contribution in [1.29, 1.82) is 0 Å². The molecule has 0 aromatic heterocycles. The highest BCUT2D eigenvalue weighted by Crippen LogP contribution is 2.31. The molecule has 8 heteroatoms. The van der Waals surface area contributed by atoms with Crippen LogP contribution in [0.5, 0.6) is 0 Å². The summed E-state index contributed by atoms with van der Waals surface area (Å²) in [7, 11) is -3.80. The predicted octanol–water partition coefficient (Wildman–Crippen LogP) is 3.32. The van der Waals surface area contributed by atoms with E-state index < -0.39 is 15.4 Å². The Labute approximate surface area is 186 Å². The zero-order chi connectivity index (χ0) is 21.8. The Morgan fingerprint density at radius 1 is 0.968 bits per heavy atom. The molecule has 0 aliphatic carbocycles. The van der Waals surface area contributed by atoms with E-state index in [0.29, 0.717) is 18.0 Å². The van der Waals surface area contributed by atoms with E-state index in [2.05, 4.69) is 5.32 Å². The summed E-state index contributed by atoms with van der Waals surface area (Å²) in [5.74, 6) is 0.225. The number of carbonyl (C=O) groups excluding carboxylic acids is 1. The molecule has 3 aromatic carbocycles. The Balaban J connectivity index is 1.49. The molecule has 1 amide bonds. The van der Waals surface area contributed by atoms with Gasteiger partial charge in [-0.2, -0.15) is 4.31 Å². The Morgan fingerprint density at radius 3 is 2.32 bits per heavy atom. The number of nitrogen functional groups attached to an aromatic ring is 1. The number of sulfonamides is 1. The highest BCUT2D eigenvalue weighted by molar-refractivity contribution is 8.02. The summed E-state index contributed by atoms with van der Waals surface area (Å²) < 4.78 is 27.8. The van der Waals surface area contributed by atoms with Gasteiger partial charge < -0.3 is 11.1 Å². The third kappa shape index (κ3) is 4.61. The van der Waals surface area contributed by atoms with E-state index in [1.165, 1.54) is 16.1 Å². The number of hydrogen-bond donors (Lipinski definition) is 2. The van der Waals surface area contributed by atoms with Crippen LogP contribution in [0.3, 0.4) is 0 Å². The molecule has 1 aliphatic heterocycles. The SMILES string of the molecule is Nc1ccccc1CNC(=O)C1SCCN1S(=O)(=O)c1ccc(-c2ccccc2)cc1. The van der Waals surface area contributed by atoms with Crippen molar-refractivity contribution in [2.24, 2.45) is 0 Å². The Bertz CT molecular complexity index is 1170. The average molecular weight is 454 g/mol. The van der Waals surface area contributed by atoms with Gasteiger partial charge in [-0.3, -0.25) is 4.79 Å². The fourth-order valence-corrected chi connectivity index (χ4v) is 6.56. The number of nitrogens with zero attached hydrogens (tertiary/aromatic N) is 1. The highest BCUT2D eigenvalue weighted by Gasteiger charge is 2.40. The quantitative estimate of drug-likeness (QED) is 0.559. The van der Waals surface area contributed by atoms with Crippen LogP contribution in [0.2, 0.25) is 0 Å². The molecule has 160 valence electrons. The van der Waals surface area contributed by atoms with Crippen LogP contribution in [0.1, 0.15) is 5.56 Å². The van der Waals surface area contributed by atoms with Crippen LogP contribution in [0, 0.1) is 0 Å². The molecule has 0 saturated carbocycles. The first-order valence-corrected chi connectivity index (χ1v) is 12.4. The van der Waals surface area contributed by atoms with Crippen molar-refractivity contribution in [3.05, 3.63) is 84.4 Å². The van der Waals surface area contributed by atoms with Crippen molar-refractivity contribution in [2.45, 2.75) is 16.8 Å². The van der Waals surface area contributed by atoms with Gasteiger partial charge in [0.1, 0.15) is 5.37 Å². The lowest BCUT2D eigenvalue weighted by molar-refractivity contribution is -0.122. The lowest BCUT2D eigenvalue weighted by Gasteiger charge is -2.23. The normalized spacial score (nSPS) is 16.8. The maximum absolute atomic E-state index is 13.2. The number of para-hydroxylation sites is 1. The Kier molecular flexibility index (Phi) is 6.31. The summed E-state index contributed by atoms with van der Waals surface area (Å²) in [5, 5.41) is 2.02. The van der Waals surface area contributed by atoms with E-state index in [0.717, 1.165) is 16.7 Å². The maximum atomic E-state index is 13.2. The molecular weight excluding hydrogens is 430 g/mol. The number of thioether (sulfide) groups is 1. The summed E-state index contributed by atoms with van der Waals surface area (Å²) in [6, 6.07) is 23.8. The first-order chi connectivity index (χ1) is 15.0. The van der Waals surface area contributed by atoms with Gasteiger partial charge in [-0.05, 0) is 34.9 Å². The number of carbonyl (C=O) groups is 1. The molecule has 1 aliphatic rings. The van der Waals surface area contributed by atoms with E-state index in [9.17, 15) is 13.2 Å². The van der Waals surface area contributed by atoms with Crippen LogP contribution in [0.4, 0.5) is 5.69 Å². The van der Waals surface area contributed by atoms with Crippen LogP contribution >= 0.6 is 11.8 Å². The zero-order valence-corrected chi connectivity index (χ0v) is 18.4. The van der Waals surface area contributed by atoms with Crippen molar-refractivity contribution in [3.8, 4) is 11.1 Å². The second kappa shape index (κ2) is 9.13. The molecule has 6 nitrogen and oxygen atoms in total. The van der Waals surface area contributed by atoms with Gasteiger partial charge in [0.15, 0.2) is 0 Å². The number of benzene rings is 3. The fourth-order valence-electron chi connectivity index (χ4n) is 3.46. The molecule has 1 atom stereocenters. The van der Waals surface area contributed by atoms with Crippen LogP contribution in [-0.4, -0.2) is 36.3 Å². The third-order valence-electron chi connectivity index (χ3n) is 5.15. The van der Waals surface area contributed by atoms with E-state index in [4.69, 9.17) is 5.73 Å². The number of amides is 1. The van der Waals surface area contributed by atoms with Gasteiger partial charge in [-0.1, -0.05) is 60.7 Å². The molecule has 4 rings (SSSR count). The average Bonchev–Trinajstić information content (AvgIpc) is 3.30. The summed E-state index contributed by atoms with van der Waals surface area (Å²) in [6.45, 7) is 0.543. The third-order valence-corrected chi connectivity index (χ3v) is 8.36. The van der Waals surface area contributed by atoms with Gasteiger partial charge in [0.25, 0.3) is 0 Å². The van der Waals surface area contributed by atoms with E-state index in [1.54, 1.807) is 30.3 Å². The number of hydrogen-bond acceptors (Lipinski definition) is 5. The summed E-state index contributed by atoms with van der Waals surface area (Å²) >= 11 is 1.32. The highest BCUT2D eigenvalue weighted by atomic mass is 32.2. The Hall–Kier alpha value is -2.81. The monoisotopic (exact) mass is 453 g/mol. The molecule has 0 radical (unpaired) electrons. The zero-order valence-electron chi connectivity index (χ0n) is 16.8. The van der Waals surface area contributed by atoms with Crippen molar-refractivity contribution >= 4 is 33.4 Å². The number of anilines is 1. The van der Waals surface area contributed by atoms with Gasteiger partial charge >= 0.3 is 0 Å². The summed E-state index contributed by atoms with van der Waals surface area (Å²) in [6.07, 6.45) is 0. The summed E-state index contributed by atoms with van der Waals surface area (Å²) in [5.41, 5.74) is 9.26. The molecule has 1 fully saturated rings. The van der Waals surface area contributed by atoms with Crippen molar-refractivity contribution in [2.75, 3.05) is 18.0 Å². The largest absolute Gasteiger partial charge is 0.398 e. The van der Waals surface area contributed by atoms with Crippen LogP contribution in [0.15, 0.2) is 83.8 Å². The molecule has 0 bridgehead atoms. The van der Waals surface area contributed by atoms with Gasteiger partial charge in [0, 0.05) is 24.5 Å². The number of nitrogens with two attached hydrogens (primary N) is 1. The molecule has 0 spiro atoms. The van der Waals surface area contributed by atoms with E-state index in [1.807, 2.05) is 48.5 Å². The minimum atomic E-state index is -3.80. The summed E-state index contributed by atoms with van der Waals surface area (Å²) in [4.78, 5) is 13.0. The van der Waals surface area contributed by atoms with Gasteiger partial charge in [0.05, 0.1) is 4.90 Å². The van der Waals surface area contributed by atoms with Crippen molar-refractivity contribution in [1.82, 2.24) is 9.62 Å². The lowest BCUT2D eigenvalue weighted by atomic mass is 10.1. The molecule has 3 aromatic rings. The molecule has 1 heterocycles. The topological polar surface area (TPSA) is 92.5 Å². The minimum absolute atomic E-state index is 0.180. The fraction of sp³-hybridized carbons (Fsp3) is 0.174. The van der Waals surface area contributed by atoms with Crippen LogP contribution < -0.4 is 11.1 Å². The molecule has 3 N–H and O–H groups in total. The van der Waals surface area contributed by atoms with Gasteiger partial charge in [-0.25, -0.2) is 8.42 Å². The smallest absolute Gasteiger partial charge is 0.249 e. The maximum Gasteiger partial charge on any atom is 0.249 e. The van der Waals surface area contributed by atoms with Crippen molar-refractivity contribution in [3.63, 3.8) is 0 Å².